The van der Waals surface area contributed by atoms with Gasteiger partial charge in [-0.25, -0.2) is 0 Å². The molecule has 0 radical (unpaired) electrons. The Bertz CT molecular complexity index is 512. The minimum absolute atomic E-state index is 0.632. The minimum Gasteiger partial charge on any atom is -0.469 e. The summed E-state index contributed by atoms with van der Waals surface area (Å²) >= 11 is 0. The molecule has 1 atom stereocenters. The molecule has 0 amide bonds. The minimum atomic E-state index is 0.632. The molecule has 0 bridgehead atoms. The number of hydrogen-bond acceptors (Lipinski definition) is 4. The molecule has 6 heteroatoms. The van der Waals surface area contributed by atoms with Crippen LogP contribution in [0.25, 0.3) is 0 Å². The molecule has 0 aliphatic carbocycles. The van der Waals surface area contributed by atoms with Crippen LogP contribution in [0.15, 0.2) is 27.8 Å². The maximum absolute atomic E-state index is 5.49. The van der Waals surface area contributed by atoms with Gasteiger partial charge in [-0.3, -0.25) is 9.89 Å². The molecule has 1 N–H and O–H groups in total. The molecule has 3 heterocycles. The molecule has 6 nitrogen and oxygen atoms in total. The summed E-state index contributed by atoms with van der Waals surface area (Å²) in [5.41, 5.74) is 0. The molecule has 140 valence electrons. The van der Waals surface area contributed by atoms with E-state index in [-0.39, 0.29) is 0 Å². The average molecular weight is 348 g/mol. The van der Waals surface area contributed by atoms with Crippen LogP contribution in [-0.4, -0.2) is 74.3 Å². The Hall–Kier alpha value is -1.53. The summed E-state index contributed by atoms with van der Waals surface area (Å²) in [4.78, 5) is 9.86. The standard InChI is InChI=1S/C19H32N4O2/c1-2-3-8-20-19(21-9-6-18-5-4-13-25-18)23-10-7-17(16-23)22-11-14-24-15-12-22/h4-5,13,17H,2-3,6-12,14-16H2,1H3,(H,20,21). The Balaban J connectivity index is 1.52. The zero-order chi connectivity index (χ0) is 17.3. The quantitative estimate of drug-likeness (QED) is 0.464. The first-order chi connectivity index (χ1) is 12.4. The van der Waals surface area contributed by atoms with Gasteiger partial charge in [-0.2, -0.15) is 0 Å². The van der Waals surface area contributed by atoms with Gasteiger partial charge in [0, 0.05) is 51.7 Å². The number of nitrogens with zero attached hydrogens (tertiary/aromatic N) is 3. The van der Waals surface area contributed by atoms with E-state index in [1.807, 2.05) is 12.1 Å². The highest BCUT2D eigenvalue weighted by atomic mass is 16.5. The fourth-order valence-electron chi connectivity index (χ4n) is 3.54. The number of rotatable bonds is 7. The molecule has 2 saturated heterocycles. The van der Waals surface area contributed by atoms with E-state index in [4.69, 9.17) is 14.1 Å². The Kier molecular flexibility index (Phi) is 7.18. The van der Waals surface area contributed by atoms with Crippen molar-refractivity contribution in [1.29, 1.82) is 0 Å². The van der Waals surface area contributed by atoms with Crippen LogP contribution in [0.4, 0.5) is 0 Å². The third-order valence-corrected chi connectivity index (χ3v) is 5.03. The molecular formula is C19H32N4O2. The molecular weight excluding hydrogens is 316 g/mol. The molecule has 0 spiro atoms. The predicted octanol–water partition coefficient (Wildman–Crippen LogP) is 1.97. The lowest BCUT2D eigenvalue weighted by molar-refractivity contribution is 0.0195. The zero-order valence-electron chi connectivity index (χ0n) is 15.5. The summed E-state index contributed by atoms with van der Waals surface area (Å²) in [6.45, 7) is 9.99. The van der Waals surface area contributed by atoms with Crippen molar-refractivity contribution in [2.75, 3.05) is 52.5 Å². The highest BCUT2D eigenvalue weighted by molar-refractivity contribution is 5.80. The van der Waals surface area contributed by atoms with E-state index in [0.29, 0.717) is 6.04 Å². The second kappa shape index (κ2) is 9.82. The van der Waals surface area contributed by atoms with Gasteiger partial charge < -0.3 is 19.4 Å². The Morgan fingerprint density at radius 2 is 2.20 bits per heavy atom. The van der Waals surface area contributed by atoms with Gasteiger partial charge >= 0.3 is 0 Å². The number of furan rings is 1. The zero-order valence-corrected chi connectivity index (χ0v) is 15.5. The van der Waals surface area contributed by atoms with Crippen molar-refractivity contribution in [1.82, 2.24) is 15.1 Å². The molecule has 25 heavy (non-hydrogen) atoms. The third kappa shape index (κ3) is 5.47. The van der Waals surface area contributed by atoms with E-state index in [2.05, 4.69) is 22.0 Å². The molecule has 3 rings (SSSR count). The Labute approximate surface area is 151 Å². The van der Waals surface area contributed by atoms with E-state index in [9.17, 15) is 0 Å². The largest absolute Gasteiger partial charge is 0.469 e. The number of aliphatic imine (C=N–C) groups is 1. The van der Waals surface area contributed by atoms with Gasteiger partial charge in [0.05, 0.1) is 19.5 Å². The van der Waals surface area contributed by atoms with Crippen LogP contribution in [0.3, 0.4) is 0 Å². The molecule has 1 aromatic rings. The van der Waals surface area contributed by atoms with Gasteiger partial charge in [-0.1, -0.05) is 13.3 Å². The van der Waals surface area contributed by atoms with Crippen LogP contribution in [0.2, 0.25) is 0 Å². The van der Waals surface area contributed by atoms with Gasteiger partial charge in [0.1, 0.15) is 5.76 Å². The Morgan fingerprint density at radius 3 is 2.96 bits per heavy atom. The highest BCUT2D eigenvalue weighted by Crippen LogP contribution is 2.17. The fourth-order valence-corrected chi connectivity index (χ4v) is 3.54. The Morgan fingerprint density at radius 1 is 1.32 bits per heavy atom. The number of hydrogen-bond donors (Lipinski definition) is 1. The summed E-state index contributed by atoms with van der Waals surface area (Å²) < 4.78 is 10.9. The second-order valence-corrected chi connectivity index (χ2v) is 6.85. The molecule has 0 saturated carbocycles. The van der Waals surface area contributed by atoms with E-state index < -0.39 is 0 Å². The summed E-state index contributed by atoms with van der Waals surface area (Å²) in [7, 11) is 0. The predicted molar refractivity (Wildman–Crippen MR) is 100.0 cm³/mol. The summed E-state index contributed by atoms with van der Waals surface area (Å²) in [6, 6.07) is 4.60. The maximum Gasteiger partial charge on any atom is 0.193 e. The first kappa shape index (κ1) is 18.3. The molecule has 2 fully saturated rings. The van der Waals surface area contributed by atoms with E-state index in [1.165, 1.54) is 12.8 Å². The summed E-state index contributed by atoms with van der Waals surface area (Å²) in [5.74, 6) is 2.09. The van der Waals surface area contributed by atoms with Gasteiger partial charge in [-0.15, -0.1) is 0 Å². The first-order valence-electron chi connectivity index (χ1n) is 9.74. The van der Waals surface area contributed by atoms with Gasteiger partial charge in [-0.05, 0) is 25.0 Å². The van der Waals surface area contributed by atoms with Crippen molar-refractivity contribution in [3.63, 3.8) is 0 Å². The number of guanidine groups is 1. The fraction of sp³-hybridized carbons (Fsp3) is 0.737. The van der Waals surface area contributed by atoms with E-state index in [1.54, 1.807) is 6.26 Å². The van der Waals surface area contributed by atoms with E-state index in [0.717, 1.165) is 77.0 Å². The van der Waals surface area contributed by atoms with Crippen LogP contribution >= 0.6 is 0 Å². The van der Waals surface area contributed by atoms with Crippen LogP contribution < -0.4 is 5.32 Å². The van der Waals surface area contributed by atoms with Gasteiger partial charge in [0.15, 0.2) is 5.96 Å². The number of nitrogens with one attached hydrogen (secondary N) is 1. The molecule has 2 aliphatic rings. The van der Waals surface area contributed by atoms with Crippen molar-refractivity contribution >= 4 is 5.96 Å². The van der Waals surface area contributed by atoms with Gasteiger partial charge in [0.2, 0.25) is 0 Å². The smallest absolute Gasteiger partial charge is 0.193 e. The molecule has 0 aromatic carbocycles. The highest BCUT2D eigenvalue weighted by Gasteiger charge is 2.30. The molecule has 2 aliphatic heterocycles. The van der Waals surface area contributed by atoms with E-state index >= 15 is 0 Å². The van der Waals surface area contributed by atoms with Crippen molar-refractivity contribution in [3.05, 3.63) is 24.2 Å². The van der Waals surface area contributed by atoms with Crippen LogP contribution in [-0.2, 0) is 11.2 Å². The first-order valence-corrected chi connectivity index (χ1v) is 9.74. The van der Waals surface area contributed by atoms with Crippen LogP contribution in [0.1, 0.15) is 31.9 Å². The van der Waals surface area contributed by atoms with Crippen molar-refractivity contribution < 1.29 is 9.15 Å². The number of likely N-dealkylation sites (tertiary alicyclic amines) is 1. The second-order valence-electron chi connectivity index (χ2n) is 6.85. The average Bonchev–Trinajstić information content (AvgIpc) is 3.33. The normalized spacial score (nSPS) is 22.5. The molecule has 1 unspecified atom stereocenters. The van der Waals surface area contributed by atoms with Crippen molar-refractivity contribution in [3.8, 4) is 0 Å². The topological polar surface area (TPSA) is 53.2 Å². The monoisotopic (exact) mass is 348 g/mol. The summed E-state index contributed by atoms with van der Waals surface area (Å²) in [5, 5.41) is 3.56. The maximum atomic E-state index is 5.49. The number of ether oxygens (including phenoxy) is 1. The lowest BCUT2D eigenvalue weighted by atomic mass is 10.2. The number of morpholine rings is 1. The van der Waals surface area contributed by atoms with Crippen molar-refractivity contribution in [2.45, 2.75) is 38.6 Å². The van der Waals surface area contributed by atoms with Crippen LogP contribution in [0.5, 0.6) is 0 Å². The lowest BCUT2D eigenvalue weighted by Crippen LogP contribution is -2.47. The van der Waals surface area contributed by atoms with Crippen LogP contribution in [0, 0.1) is 0 Å². The van der Waals surface area contributed by atoms with Crippen molar-refractivity contribution in [2.24, 2.45) is 4.99 Å². The SMILES string of the molecule is CCCCN=C(NCCc1ccco1)N1CCC(N2CCOCC2)C1. The molecule has 1 aromatic heterocycles. The summed E-state index contributed by atoms with van der Waals surface area (Å²) in [6.07, 6.45) is 6.16. The third-order valence-electron chi connectivity index (χ3n) is 5.03. The number of unbranched alkanes of at least 4 members (excludes halogenated alkanes) is 1. The lowest BCUT2D eigenvalue weighted by Gasteiger charge is -2.32. The van der Waals surface area contributed by atoms with Gasteiger partial charge in [0.25, 0.3) is 0 Å².